The highest BCUT2D eigenvalue weighted by Gasteiger charge is 2.14. The van der Waals surface area contributed by atoms with Gasteiger partial charge in [0, 0.05) is 29.5 Å². The molecule has 1 aromatic carbocycles. The Balaban J connectivity index is 1.57. The van der Waals surface area contributed by atoms with Gasteiger partial charge in [-0.1, -0.05) is 48.8 Å². The monoisotopic (exact) mass is 414 g/mol. The zero-order chi connectivity index (χ0) is 19.5. The standard InChI is InChI=1S/C19H19ClN6OS/c1-2-3-8-21-17(27)12-28-19-23-22-18-16-11-15(13-4-6-14(20)7-5-13)24-26(16)10-9-25(18)19/h4-7,9-11H,2-3,8,12H2,1H3,(H,21,27). The first-order valence-corrected chi connectivity index (χ1v) is 10.4. The molecule has 0 atom stereocenters. The van der Waals surface area contributed by atoms with Gasteiger partial charge in [0.25, 0.3) is 0 Å². The van der Waals surface area contributed by atoms with Crippen LogP contribution in [-0.4, -0.2) is 42.4 Å². The molecule has 7 nitrogen and oxygen atoms in total. The topological polar surface area (TPSA) is 76.6 Å². The fourth-order valence-corrected chi connectivity index (χ4v) is 3.71. The average Bonchev–Trinajstić information content (AvgIpc) is 3.31. The number of amides is 1. The maximum atomic E-state index is 11.9. The van der Waals surface area contributed by atoms with E-state index in [1.165, 1.54) is 11.8 Å². The van der Waals surface area contributed by atoms with Crippen LogP contribution in [0.4, 0.5) is 0 Å². The predicted molar refractivity (Wildman–Crippen MR) is 111 cm³/mol. The highest BCUT2D eigenvalue weighted by atomic mass is 35.5. The SMILES string of the molecule is CCCCNC(=O)CSc1nnc2c3cc(-c4ccc(Cl)cc4)nn3ccn12. The third-order valence-electron chi connectivity index (χ3n) is 4.31. The zero-order valence-corrected chi connectivity index (χ0v) is 16.9. The smallest absolute Gasteiger partial charge is 0.230 e. The van der Waals surface area contributed by atoms with Crippen LogP contribution in [0.3, 0.4) is 0 Å². The van der Waals surface area contributed by atoms with Crippen molar-refractivity contribution in [1.29, 1.82) is 0 Å². The Morgan fingerprint density at radius 3 is 2.82 bits per heavy atom. The van der Waals surface area contributed by atoms with E-state index in [2.05, 4.69) is 27.5 Å². The van der Waals surface area contributed by atoms with Crippen molar-refractivity contribution >= 4 is 40.4 Å². The lowest BCUT2D eigenvalue weighted by Crippen LogP contribution is -2.26. The molecule has 0 spiro atoms. The van der Waals surface area contributed by atoms with E-state index in [9.17, 15) is 4.79 Å². The molecule has 1 amide bonds. The second-order valence-electron chi connectivity index (χ2n) is 6.33. The van der Waals surface area contributed by atoms with Crippen molar-refractivity contribution in [2.45, 2.75) is 24.9 Å². The lowest BCUT2D eigenvalue weighted by atomic mass is 10.1. The van der Waals surface area contributed by atoms with E-state index in [-0.39, 0.29) is 5.91 Å². The van der Waals surface area contributed by atoms with Gasteiger partial charge in [0.15, 0.2) is 10.8 Å². The molecule has 0 aliphatic carbocycles. The number of hydrogen-bond donors (Lipinski definition) is 1. The first kappa shape index (κ1) is 18.8. The maximum absolute atomic E-state index is 11.9. The van der Waals surface area contributed by atoms with Gasteiger partial charge in [-0.05, 0) is 24.6 Å². The molecular weight excluding hydrogens is 396 g/mol. The van der Waals surface area contributed by atoms with Crippen molar-refractivity contribution in [1.82, 2.24) is 29.5 Å². The maximum Gasteiger partial charge on any atom is 0.230 e. The Morgan fingerprint density at radius 2 is 2.04 bits per heavy atom. The Labute approximate surface area is 171 Å². The summed E-state index contributed by atoms with van der Waals surface area (Å²) in [5, 5.41) is 17.4. The van der Waals surface area contributed by atoms with Crippen LogP contribution in [0, 0.1) is 0 Å². The predicted octanol–water partition coefficient (Wildman–Crippen LogP) is 3.71. The Bertz CT molecular complexity index is 1120. The number of nitrogens with zero attached hydrogens (tertiary/aromatic N) is 5. The van der Waals surface area contributed by atoms with Gasteiger partial charge in [-0.15, -0.1) is 10.2 Å². The summed E-state index contributed by atoms with van der Waals surface area (Å²) in [6.07, 6.45) is 5.76. The number of unbranched alkanes of at least 4 members (excludes halogenated alkanes) is 1. The van der Waals surface area contributed by atoms with E-state index < -0.39 is 0 Å². The van der Waals surface area contributed by atoms with Crippen LogP contribution in [0.25, 0.3) is 22.4 Å². The fourth-order valence-electron chi connectivity index (χ4n) is 2.84. The number of nitrogens with one attached hydrogen (secondary N) is 1. The molecule has 3 aromatic heterocycles. The van der Waals surface area contributed by atoms with Gasteiger partial charge in [-0.25, -0.2) is 4.52 Å². The number of fused-ring (bicyclic) bond motifs is 3. The van der Waals surface area contributed by atoms with Gasteiger partial charge in [0.2, 0.25) is 5.91 Å². The Morgan fingerprint density at radius 1 is 1.21 bits per heavy atom. The van der Waals surface area contributed by atoms with Crippen LogP contribution < -0.4 is 5.32 Å². The van der Waals surface area contributed by atoms with E-state index in [0.717, 1.165) is 29.6 Å². The molecule has 4 rings (SSSR count). The Kier molecular flexibility index (Phi) is 5.50. The molecule has 0 saturated carbocycles. The van der Waals surface area contributed by atoms with E-state index in [1.807, 2.05) is 47.1 Å². The van der Waals surface area contributed by atoms with Gasteiger partial charge in [-0.3, -0.25) is 9.20 Å². The summed E-state index contributed by atoms with van der Waals surface area (Å²) in [7, 11) is 0. The first-order valence-electron chi connectivity index (χ1n) is 9.04. The largest absolute Gasteiger partial charge is 0.355 e. The number of carbonyl (C=O) groups excluding carboxylic acids is 1. The van der Waals surface area contributed by atoms with Gasteiger partial charge < -0.3 is 5.32 Å². The minimum absolute atomic E-state index is 0.00524. The summed E-state index contributed by atoms with van der Waals surface area (Å²) in [5.41, 5.74) is 3.35. The quantitative estimate of drug-likeness (QED) is 0.368. The molecule has 3 heterocycles. The molecule has 0 radical (unpaired) electrons. The van der Waals surface area contributed by atoms with Gasteiger partial charge >= 0.3 is 0 Å². The molecule has 1 N–H and O–H groups in total. The number of benzene rings is 1. The third-order valence-corrected chi connectivity index (χ3v) is 5.51. The van der Waals surface area contributed by atoms with Gasteiger partial charge in [0.1, 0.15) is 5.52 Å². The average molecular weight is 415 g/mol. The number of rotatable bonds is 7. The molecule has 0 saturated heterocycles. The lowest BCUT2D eigenvalue weighted by molar-refractivity contribution is -0.118. The molecule has 0 unspecified atom stereocenters. The van der Waals surface area contributed by atoms with Crippen LogP contribution in [0.5, 0.6) is 0 Å². The minimum atomic E-state index is 0.00524. The lowest BCUT2D eigenvalue weighted by Gasteiger charge is -2.03. The number of aromatic nitrogens is 5. The molecule has 0 bridgehead atoms. The molecule has 144 valence electrons. The summed E-state index contributed by atoms with van der Waals surface area (Å²) in [6, 6.07) is 9.52. The highest BCUT2D eigenvalue weighted by Crippen LogP contribution is 2.25. The van der Waals surface area contributed by atoms with Crippen molar-refractivity contribution in [2.24, 2.45) is 0 Å². The van der Waals surface area contributed by atoms with Crippen LogP contribution in [0.1, 0.15) is 19.8 Å². The van der Waals surface area contributed by atoms with Gasteiger partial charge in [-0.2, -0.15) is 5.10 Å². The third kappa shape index (κ3) is 3.83. The van der Waals surface area contributed by atoms with Crippen LogP contribution in [0.15, 0.2) is 47.9 Å². The normalized spacial score (nSPS) is 11.4. The summed E-state index contributed by atoms with van der Waals surface area (Å²) in [5.74, 6) is 0.316. The van der Waals surface area contributed by atoms with Crippen molar-refractivity contribution in [3.63, 3.8) is 0 Å². The van der Waals surface area contributed by atoms with Crippen LogP contribution >= 0.6 is 23.4 Å². The minimum Gasteiger partial charge on any atom is -0.355 e. The van der Waals surface area contributed by atoms with Crippen molar-refractivity contribution < 1.29 is 4.79 Å². The second-order valence-corrected chi connectivity index (χ2v) is 7.71. The summed E-state index contributed by atoms with van der Waals surface area (Å²) >= 11 is 7.34. The molecule has 0 aliphatic heterocycles. The second kappa shape index (κ2) is 8.20. The number of halogens is 1. The molecular formula is C19H19ClN6OS. The van der Waals surface area contributed by atoms with Gasteiger partial charge in [0.05, 0.1) is 11.4 Å². The number of carbonyl (C=O) groups is 1. The van der Waals surface area contributed by atoms with E-state index in [1.54, 1.807) is 4.52 Å². The highest BCUT2D eigenvalue weighted by molar-refractivity contribution is 7.99. The molecule has 0 aliphatic rings. The molecule has 28 heavy (non-hydrogen) atoms. The molecule has 0 fully saturated rings. The number of hydrogen-bond acceptors (Lipinski definition) is 5. The molecule has 4 aromatic rings. The first-order chi connectivity index (χ1) is 13.7. The van der Waals surface area contributed by atoms with Crippen molar-refractivity contribution in [3.8, 4) is 11.3 Å². The summed E-state index contributed by atoms with van der Waals surface area (Å²) in [6.45, 7) is 2.80. The van der Waals surface area contributed by atoms with Crippen LogP contribution in [-0.2, 0) is 4.79 Å². The Hall–Kier alpha value is -2.58. The number of thioether (sulfide) groups is 1. The van der Waals surface area contributed by atoms with E-state index in [0.29, 0.717) is 28.1 Å². The van der Waals surface area contributed by atoms with Crippen molar-refractivity contribution in [3.05, 3.63) is 47.7 Å². The zero-order valence-electron chi connectivity index (χ0n) is 15.3. The summed E-state index contributed by atoms with van der Waals surface area (Å²) < 4.78 is 3.66. The van der Waals surface area contributed by atoms with Crippen LogP contribution in [0.2, 0.25) is 5.02 Å². The van der Waals surface area contributed by atoms with E-state index >= 15 is 0 Å². The summed E-state index contributed by atoms with van der Waals surface area (Å²) in [4.78, 5) is 11.9. The van der Waals surface area contributed by atoms with Crippen molar-refractivity contribution in [2.75, 3.05) is 12.3 Å². The van der Waals surface area contributed by atoms with E-state index in [4.69, 9.17) is 11.6 Å². The fraction of sp³-hybridized carbons (Fsp3) is 0.263. The molecule has 9 heteroatoms.